The van der Waals surface area contributed by atoms with Gasteiger partial charge in [-0.1, -0.05) is 12.8 Å². The maximum absolute atomic E-state index is 5.75. The van der Waals surface area contributed by atoms with Crippen molar-refractivity contribution in [3.8, 4) is 0 Å². The van der Waals surface area contributed by atoms with Gasteiger partial charge in [0, 0.05) is 24.7 Å². The molecule has 16 heavy (non-hydrogen) atoms. The van der Waals surface area contributed by atoms with Crippen molar-refractivity contribution in [2.45, 2.75) is 45.2 Å². The molecular formula is C12H20N4. The van der Waals surface area contributed by atoms with Gasteiger partial charge in [0.1, 0.15) is 0 Å². The molecule has 0 spiro atoms. The van der Waals surface area contributed by atoms with E-state index in [9.17, 15) is 0 Å². The lowest BCUT2D eigenvalue weighted by atomic mass is 10.2. The molecule has 1 aromatic rings. The molecule has 0 atom stereocenters. The third kappa shape index (κ3) is 2.16. The summed E-state index contributed by atoms with van der Waals surface area (Å²) in [5.41, 5.74) is 6.85. The molecule has 2 rings (SSSR count). The van der Waals surface area contributed by atoms with Crippen molar-refractivity contribution in [2.24, 2.45) is 5.73 Å². The predicted octanol–water partition coefficient (Wildman–Crippen LogP) is 1.70. The summed E-state index contributed by atoms with van der Waals surface area (Å²) in [6.07, 6.45) is 6.93. The molecule has 0 bridgehead atoms. The number of aromatic nitrogens is 2. The van der Waals surface area contributed by atoms with Crippen molar-refractivity contribution >= 4 is 5.82 Å². The lowest BCUT2D eigenvalue weighted by Gasteiger charge is -2.29. The van der Waals surface area contributed by atoms with E-state index < -0.39 is 0 Å². The molecule has 0 aromatic carbocycles. The molecule has 88 valence electrons. The highest BCUT2D eigenvalue weighted by Crippen LogP contribution is 2.28. The summed E-state index contributed by atoms with van der Waals surface area (Å²) in [5, 5.41) is 8.25. The van der Waals surface area contributed by atoms with Crippen LogP contribution in [0.3, 0.4) is 0 Å². The van der Waals surface area contributed by atoms with Gasteiger partial charge in [-0.15, -0.1) is 5.10 Å². The first-order chi connectivity index (χ1) is 7.86. The normalized spacial score (nSPS) is 16.6. The summed E-state index contributed by atoms with van der Waals surface area (Å²) in [7, 11) is 0. The third-order valence-electron chi connectivity index (χ3n) is 3.38. The molecule has 1 saturated carbocycles. The fourth-order valence-electron chi connectivity index (χ4n) is 2.55. The van der Waals surface area contributed by atoms with Gasteiger partial charge >= 0.3 is 0 Å². The fourth-order valence-corrected chi connectivity index (χ4v) is 2.55. The predicted molar refractivity (Wildman–Crippen MR) is 65.2 cm³/mol. The van der Waals surface area contributed by atoms with Crippen LogP contribution in [0.5, 0.6) is 0 Å². The molecule has 1 aromatic heterocycles. The second-order valence-corrected chi connectivity index (χ2v) is 4.31. The van der Waals surface area contributed by atoms with E-state index >= 15 is 0 Å². The molecular weight excluding hydrogens is 200 g/mol. The van der Waals surface area contributed by atoms with Crippen molar-refractivity contribution in [3.63, 3.8) is 0 Å². The highest BCUT2D eigenvalue weighted by Gasteiger charge is 2.24. The Morgan fingerprint density at radius 1 is 1.44 bits per heavy atom. The molecule has 1 fully saturated rings. The monoisotopic (exact) mass is 220 g/mol. The van der Waals surface area contributed by atoms with Gasteiger partial charge < -0.3 is 10.6 Å². The summed E-state index contributed by atoms with van der Waals surface area (Å²) in [6, 6.07) is 2.60. The van der Waals surface area contributed by atoms with Crippen LogP contribution in [0.15, 0.2) is 12.3 Å². The lowest BCUT2D eigenvalue weighted by Crippen LogP contribution is -2.35. The van der Waals surface area contributed by atoms with Crippen molar-refractivity contribution in [1.82, 2.24) is 10.2 Å². The zero-order valence-electron chi connectivity index (χ0n) is 9.89. The maximum Gasteiger partial charge on any atom is 0.156 e. The lowest BCUT2D eigenvalue weighted by molar-refractivity contribution is 0.606. The Kier molecular flexibility index (Phi) is 3.72. The third-order valence-corrected chi connectivity index (χ3v) is 3.38. The van der Waals surface area contributed by atoms with E-state index in [-0.39, 0.29) is 0 Å². The van der Waals surface area contributed by atoms with Crippen molar-refractivity contribution < 1.29 is 0 Å². The van der Waals surface area contributed by atoms with Gasteiger partial charge in [-0.25, -0.2) is 0 Å². The van der Waals surface area contributed by atoms with E-state index in [0.717, 1.165) is 17.9 Å². The maximum atomic E-state index is 5.75. The number of hydrogen-bond donors (Lipinski definition) is 1. The van der Waals surface area contributed by atoms with Gasteiger partial charge in [0.15, 0.2) is 5.82 Å². The average molecular weight is 220 g/mol. The number of hydrogen-bond acceptors (Lipinski definition) is 4. The molecule has 0 radical (unpaired) electrons. The van der Waals surface area contributed by atoms with Gasteiger partial charge in [-0.2, -0.15) is 5.10 Å². The largest absolute Gasteiger partial charge is 0.352 e. The van der Waals surface area contributed by atoms with E-state index in [4.69, 9.17) is 5.73 Å². The Morgan fingerprint density at radius 3 is 2.81 bits per heavy atom. The van der Waals surface area contributed by atoms with Crippen LogP contribution in [0.4, 0.5) is 5.82 Å². The SMILES string of the molecule is CCN(c1nnccc1CN)C1CCCC1. The van der Waals surface area contributed by atoms with Gasteiger partial charge in [0.2, 0.25) is 0 Å². The van der Waals surface area contributed by atoms with E-state index in [1.165, 1.54) is 25.7 Å². The topological polar surface area (TPSA) is 55.0 Å². The quantitative estimate of drug-likeness (QED) is 0.839. The highest BCUT2D eigenvalue weighted by atomic mass is 15.3. The number of anilines is 1. The minimum Gasteiger partial charge on any atom is -0.352 e. The Bertz CT molecular complexity index is 334. The van der Waals surface area contributed by atoms with Crippen LogP contribution >= 0.6 is 0 Å². The van der Waals surface area contributed by atoms with Crippen molar-refractivity contribution in [1.29, 1.82) is 0 Å². The van der Waals surface area contributed by atoms with Crippen LogP contribution in [0.25, 0.3) is 0 Å². The zero-order chi connectivity index (χ0) is 11.4. The summed E-state index contributed by atoms with van der Waals surface area (Å²) < 4.78 is 0. The highest BCUT2D eigenvalue weighted by molar-refractivity contribution is 5.46. The van der Waals surface area contributed by atoms with Crippen LogP contribution in [0.1, 0.15) is 38.2 Å². The molecule has 0 amide bonds. The standard InChI is InChI=1S/C12H20N4/c1-2-16(11-5-3-4-6-11)12-10(9-13)7-8-14-15-12/h7-8,11H,2-6,9,13H2,1H3. The average Bonchev–Trinajstić information content (AvgIpc) is 2.84. The molecule has 0 unspecified atom stereocenters. The minimum absolute atomic E-state index is 0.536. The van der Waals surface area contributed by atoms with Crippen molar-refractivity contribution in [3.05, 3.63) is 17.8 Å². The first-order valence-corrected chi connectivity index (χ1v) is 6.14. The first kappa shape index (κ1) is 11.3. The Labute approximate surface area is 96.9 Å². The van der Waals surface area contributed by atoms with Gasteiger partial charge in [-0.05, 0) is 25.8 Å². The molecule has 1 aliphatic carbocycles. The second-order valence-electron chi connectivity index (χ2n) is 4.31. The number of rotatable bonds is 4. The Balaban J connectivity index is 2.24. The zero-order valence-corrected chi connectivity index (χ0v) is 9.89. The van der Waals surface area contributed by atoms with Gasteiger partial charge in [0.25, 0.3) is 0 Å². The fraction of sp³-hybridized carbons (Fsp3) is 0.667. The molecule has 0 saturated heterocycles. The smallest absolute Gasteiger partial charge is 0.156 e. The molecule has 1 aliphatic rings. The first-order valence-electron chi connectivity index (χ1n) is 6.14. The van der Waals surface area contributed by atoms with E-state index in [0.29, 0.717) is 12.6 Å². The van der Waals surface area contributed by atoms with Gasteiger partial charge in [0.05, 0.1) is 6.20 Å². The summed E-state index contributed by atoms with van der Waals surface area (Å²) >= 11 is 0. The summed E-state index contributed by atoms with van der Waals surface area (Å²) in [6.45, 7) is 3.69. The van der Waals surface area contributed by atoms with Gasteiger partial charge in [-0.3, -0.25) is 0 Å². The molecule has 4 nitrogen and oxygen atoms in total. The van der Waals surface area contributed by atoms with E-state index in [2.05, 4.69) is 22.0 Å². The Morgan fingerprint density at radius 2 is 2.19 bits per heavy atom. The molecule has 1 heterocycles. The number of nitrogens with zero attached hydrogens (tertiary/aromatic N) is 3. The van der Waals surface area contributed by atoms with E-state index in [1.54, 1.807) is 6.20 Å². The van der Waals surface area contributed by atoms with Crippen LogP contribution in [-0.4, -0.2) is 22.8 Å². The van der Waals surface area contributed by atoms with Crippen LogP contribution in [0, 0.1) is 0 Å². The molecule has 0 aliphatic heterocycles. The summed E-state index contributed by atoms with van der Waals surface area (Å²) in [4.78, 5) is 2.36. The molecule has 2 N–H and O–H groups in total. The van der Waals surface area contributed by atoms with Crippen LogP contribution < -0.4 is 10.6 Å². The second kappa shape index (κ2) is 5.25. The minimum atomic E-state index is 0.536. The Hall–Kier alpha value is -1.16. The number of nitrogens with two attached hydrogens (primary N) is 1. The van der Waals surface area contributed by atoms with Crippen LogP contribution in [-0.2, 0) is 6.54 Å². The molecule has 4 heteroatoms. The van der Waals surface area contributed by atoms with E-state index in [1.807, 2.05) is 6.07 Å². The van der Waals surface area contributed by atoms with Crippen LogP contribution in [0.2, 0.25) is 0 Å². The van der Waals surface area contributed by atoms with Crippen molar-refractivity contribution in [2.75, 3.05) is 11.4 Å². The summed E-state index contributed by atoms with van der Waals surface area (Å²) in [5.74, 6) is 0.986.